The number of piperazine rings is 4. The summed E-state index contributed by atoms with van der Waals surface area (Å²) in [6.45, 7) is 20.6. The Morgan fingerprint density at radius 3 is 0.933 bits per heavy atom. The summed E-state index contributed by atoms with van der Waals surface area (Å²) >= 11 is 35.4. The number of amides is 3. The molecule has 10 aromatic rings. The van der Waals surface area contributed by atoms with E-state index in [1.54, 1.807) is 118 Å². The predicted molar refractivity (Wildman–Crippen MR) is 530 cm³/mol. The van der Waals surface area contributed by atoms with E-state index in [-0.39, 0.29) is 119 Å². The summed E-state index contributed by atoms with van der Waals surface area (Å²) in [5.74, 6) is 0.0716. The first-order chi connectivity index (χ1) is 63.6. The maximum Gasteiger partial charge on any atom is 0.253 e. The highest BCUT2D eigenvalue weighted by atomic mass is 35.5. The van der Waals surface area contributed by atoms with E-state index in [0.717, 1.165) is 53.2 Å². The highest BCUT2D eigenvalue weighted by Gasteiger charge is 2.38. The monoisotopic (exact) mass is 2050 g/mol. The number of carbonyl (C=O) groups is 3. The molecule has 10 aromatic carbocycles. The van der Waals surface area contributed by atoms with Crippen molar-refractivity contribution in [2.45, 2.75) is 133 Å². The molecule has 14 rings (SSSR count). The van der Waals surface area contributed by atoms with Crippen LogP contribution in [-0.4, -0.2) is 198 Å². The van der Waals surface area contributed by atoms with Crippen LogP contribution in [-0.2, 0) is 56.1 Å². The van der Waals surface area contributed by atoms with Crippen LogP contribution in [0.3, 0.4) is 0 Å². The van der Waals surface area contributed by atoms with Crippen LogP contribution in [0.2, 0.25) is 20.1 Å². The van der Waals surface area contributed by atoms with Crippen LogP contribution >= 0.6 is 106 Å². The van der Waals surface area contributed by atoms with Crippen molar-refractivity contribution < 1.29 is 52.4 Å². The van der Waals surface area contributed by atoms with Gasteiger partial charge in [0.05, 0.1) is 77.5 Å². The fourth-order valence-electron chi connectivity index (χ4n) is 14.9. The van der Waals surface area contributed by atoms with Gasteiger partial charge in [-0.1, -0.05) is 164 Å². The summed E-state index contributed by atoms with van der Waals surface area (Å²) in [6.07, 6.45) is 1.33. The van der Waals surface area contributed by atoms with E-state index in [2.05, 4.69) is 24.8 Å². The minimum Gasteiger partial charge on any atom is -0.364 e. The molecule has 0 radical (unpaired) electrons. The Morgan fingerprint density at radius 1 is 0.358 bits per heavy atom. The number of carbonyl (C=O) groups excluding carboxylic acids is 3. The summed E-state index contributed by atoms with van der Waals surface area (Å²) in [7, 11) is -15.5. The van der Waals surface area contributed by atoms with Crippen LogP contribution in [0.15, 0.2) is 259 Å². The van der Waals surface area contributed by atoms with Gasteiger partial charge in [0.2, 0.25) is 51.9 Å². The lowest BCUT2D eigenvalue weighted by molar-refractivity contribution is -0.133. The predicted octanol–water partition coefficient (Wildman–Crippen LogP) is 19.6. The van der Waals surface area contributed by atoms with Crippen LogP contribution in [0.1, 0.15) is 101 Å². The van der Waals surface area contributed by atoms with Crippen molar-refractivity contribution in [3.63, 3.8) is 0 Å². The van der Waals surface area contributed by atoms with Crippen LogP contribution < -0.4 is 0 Å². The molecule has 0 aliphatic carbocycles. The van der Waals surface area contributed by atoms with Crippen LogP contribution in [0.25, 0.3) is 0 Å². The van der Waals surface area contributed by atoms with Gasteiger partial charge in [-0.3, -0.25) is 14.4 Å². The zero-order valence-electron chi connectivity index (χ0n) is 74.6. The molecule has 23 nitrogen and oxygen atoms in total. The average Bonchev–Trinajstić information content (AvgIpc) is 0.752. The van der Waals surface area contributed by atoms with E-state index in [1.807, 2.05) is 120 Å². The summed E-state index contributed by atoms with van der Waals surface area (Å²) in [4.78, 5) is 51.5. The third-order valence-electron chi connectivity index (χ3n) is 21.5. The van der Waals surface area contributed by atoms with Gasteiger partial charge < -0.3 is 19.6 Å². The number of benzene rings is 10. The molecule has 4 fully saturated rings. The van der Waals surface area contributed by atoms with Gasteiger partial charge in [-0.25, -0.2) is 38.1 Å². The number of hydrogen-bond donors (Lipinski definition) is 0. The van der Waals surface area contributed by atoms with Gasteiger partial charge >= 0.3 is 0 Å². The maximum absolute atomic E-state index is 13.6. The van der Waals surface area contributed by atoms with Crippen molar-refractivity contribution in [1.29, 1.82) is 21.0 Å². The largest absolute Gasteiger partial charge is 0.364 e. The quantitative estimate of drug-likeness (QED) is 0.0537. The molecule has 0 saturated carbocycles. The summed E-state index contributed by atoms with van der Waals surface area (Å²) in [5, 5.41) is 39.7. The zero-order valence-corrected chi connectivity index (χ0v) is 84.9. The first kappa shape index (κ1) is 105. The van der Waals surface area contributed by atoms with E-state index in [9.17, 15) is 73.5 Å². The molecule has 4 aliphatic rings. The number of sulfonamides is 4. The highest BCUT2D eigenvalue weighted by molar-refractivity contribution is 8.01. The first-order valence-electron chi connectivity index (χ1n) is 42.5. The van der Waals surface area contributed by atoms with Crippen molar-refractivity contribution in [1.82, 2.24) is 36.8 Å². The van der Waals surface area contributed by atoms with E-state index < -0.39 is 45.9 Å². The minimum atomic E-state index is -3.94. The smallest absolute Gasteiger partial charge is 0.253 e. The molecule has 700 valence electrons. The topological polar surface area (TPSA) is 309 Å². The van der Waals surface area contributed by atoms with E-state index >= 15 is 0 Å². The minimum absolute atomic E-state index is 0.0451. The molecule has 3 amide bonds. The Kier molecular flexibility index (Phi) is 37.3. The summed E-state index contributed by atoms with van der Waals surface area (Å²) in [6, 6.07) is 63.9. The number of halogens is 5. The van der Waals surface area contributed by atoms with Crippen molar-refractivity contribution in [3.05, 3.63) is 282 Å². The van der Waals surface area contributed by atoms with E-state index in [4.69, 9.17) is 58.6 Å². The number of nitrogens with zero attached hydrogens (tertiary/aromatic N) is 12. The van der Waals surface area contributed by atoms with Gasteiger partial charge in [0.1, 0.15) is 5.82 Å². The first-order valence-corrected chi connectivity index (χ1v) is 53.5. The number of nitriles is 4. The molecule has 0 spiro atoms. The highest BCUT2D eigenvalue weighted by Crippen LogP contribution is 2.42. The lowest BCUT2D eigenvalue weighted by Crippen LogP contribution is -2.50. The van der Waals surface area contributed by atoms with Gasteiger partial charge in [-0.05, 0) is 237 Å². The molecular weight excluding hydrogens is 1960 g/mol. The number of rotatable bonds is 23. The second kappa shape index (κ2) is 47.6. The fourth-order valence-corrected chi connectivity index (χ4v) is 28.6. The van der Waals surface area contributed by atoms with Gasteiger partial charge in [0.15, 0.2) is 0 Å². The van der Waals surface area contributed by atoms with Crippen molar-refractivity contribution >= 4 is 168 Å². The van der Waals surface area contributed by atoms with Crippen LogP contribution in [0.5, 0.6) is 0 Å². The molecule has 0 unspecified atom stereocenters. The average molecular weight is 2060 g/mol. The fraction of sp³-hybridized carbons (Fsp3) is 0.299. The van der Waals surface area contributed by atoms with Crippen molar-refractivity contribution in [2.24, 2.45) is 11.8 Å². The molecule has 4 saturated heterocycles. The Hall–Kier alpha value is -9.41. The van der Waals surface area contributed by atoms with E-state index in [1.165, 1.54) is 101 Å². The number of thiocarbonyl (C=S) groups is 1. The lowest BCUT2D eigenvalue weighted by atomic mass is 10.1. The Balaban J connectivity index is 0.000000172. The Morgan fingerprint density at radius 2 is 0.649 bits per heavy atom. The standard InChI is InChI=1S/C26H23ClFN3O3S2.C25H22ClN3O3S2.C23H26ClN3O3S2.C23H26ClN3O2S3/c1-18-11-21(27)16-23(12-18)35-24-6-5-20(17-29)14-25(24)36(33,34)31-9-7-30(8-10-31)26(32)15-19-3-2-4-22(28)13-19;1-18-13-21(26)16-22(14-18)33-23-8-7-19(17-27)15-24(23)34(31,32)29-11-9-28(10-12-29)25(30)20-5-3-2-4-6-20;1-16(2)10-23(28)26-6-8-27(9-7-26)32(29,30)22-13-18(15-25)4-5-21(22)31-20-12-17(3)11-19(24)14-20;1-16(2)10-23(30)26-6-8-27(9-7-26)32(28,29)22-13-18(15-25)4-5-21(22)31-20-12-17(3)11-19(24)14-20/h2-6,11-14,16H,7-10,15H2,1H3;2-8,13-16H,9-12H2,1H3;2*4-5,11-14,16H,6-10H2,1-3H3. The van der Waals surface area contributed by atoms with Crippen molar-refractivity contribution in [3.8, 4) is 24.3 Å². The molecular formula is C97H97Cl4FN12O11S9. The lowest BCUT2D eigenvalue weighted by Gasteiger charge is -2.36. The number of aryl methyl sites for hydroxylation is 4. The van der Waals surface area contributed by atoms with Crippen LogP contribution in [0, 0.1) is 90.7 Å². The normalized spacial score (nSPS) is 14.8. The van der Waals surface area contributed by atoms with Gasteiger partial charge in [0, 0.05) is 182 Å². The van der Waals surface area contributed by atoms with Gasteiger partial charge in [-0.15, -0.1) is 0 Å². The van der Waals surface area contributed by atoms with Crippen LogP contribution in [0.4, 0.5) is 4.39 Å². The molecule has 134 heavy (non-hydrogen) atoms. The molecule has 0 aromatic heterocycles. The third-order valence-corrected chi connectivity index (χ3v) is 35.2. The maximum atomic E-state index is 13.6. The Labute approximate surface area is 827 Å². The molecule has 0 N–H and O–H groups in total. The summed E-state index contributed by atoms with van der Waals surface area (Å²) < 4.78 is 128. The SMILES string of the molecule is Cc1cc(Cl)cc(Sc2ccc(C#N)cc2S(=O)(=O)N2CCN(C(=O)CC(C)C)CC2)c1.Cc1cc(Cl)cc(Sc2ccc(C#N)cc2S(=O)(=O)N2CCN(C(=O)Cc3cccc(F)c3)CC2)c1.Cc1cc(Cl)cc(Sc2ccc(C#N)cc2S(=O)(=O)N2CCN(C(=O)c3ccccc3)CC2)c1.Cc1cc(Cl)cc(Sc2ccc(C#N)cc2S(=O)(=O)N2CCN(C(=S)CC(C)C)CC2)c1. The molecule has 0 bridgehead atoms. The molecule has 4 aliphatic heterocycles. The molecule has 0 atom stereocenters. The number of hydrogen-bond acceptors (Lipinski definition) is 20. The zero-order chi connectivity index (χ0) is 97.1. The Bertz CT molecular complexity index is 6450. The van der Waals surface area contributed by atoms with Gasteiger partial charge in [-0.2, -0.15) is 38.3 Å². The van der Waals surface area contributed by atoms with Crippen molar-refractivity contribution in [2.75, 3.05) is 105 Å². The second-order valence-corrected chi connectivity index (χ2v) is 47.1. The molecule has 4 heterocycles. The molecule has 37 heteroatoms. The second-order valence-electron chi connectivity index (χ2n) is 32.8. The third kappa shape index (κ3) is 28.4. The van der Waals surface area contributed by atoms with Gasteiger partial charge in [0.25, 0.3) is 5.91 Å². The van der Waals surface area contributed by atoms with E-state index in [0.29, 0.717) is 121 Å². The summed E-state index contributed by atoms with van der Waals surface area (Å²) in [5.41, 5.74) is 6.12.